The van der Waals surface area contributed by atoms with Crippen molar-refractivity contribution in [2.24, 2.45) is 5.92 Å². The van der Waals surface area contributed by atoms with Crippen LogP contribution >= 0.6 is 0 Å². The monoisotopic (exact) mass is 294 g/mol. The standard InChI is InChI=1S/C15H22N2O4/c1-4-7-11(15(20)21)16-14(19)13(10(2)3)17-9-6-5-8-12(17)18/h5-6,8-11,13H,4,7H2,1-3H3,(H,16,19)(H,20,21). The summed E-state index contributed by atoms with van der Waals surface area (Å²) in [6.07, 6.45) is 2.55. The molecular weight excluding hydrogens is 272 g/mol. The van der Waals surface area contributed by atoms with E-state index in [0.717, 1.165) is 0 Å². The molecule has 0 radical (unpaired) electrons. The van der Waals surface area contributed by atoms with E-state index >= 15 is 0 Å². The molecule has 0 spiro atoms. The highest BCUT2D eigenvalue weighted by atomic mass is 16.4. The Bertz CT molecular complexity index is 551. The third kappa shape index (κ3) is 4.44. The molecule has 2 N–H and O–H groups in total. The highest BCUT2D eigenvalue weighted by molar-refractivity contribution is 5.86. The van der Waals surface area contributed by atoms with Crippen molar-refractivity contribution in [3.63, 3.8) is 0 Å². The number of carbonyl (C=O) groups excluding carboxylic acids is 1. The number of carboxylic acid groups (broad SMARTS) is 1. The Labute approximate surface area is 123 Å². The van der Waals surface area contributed by atoms with Crippen LogP contribution < -0.4 is 10.9 Å². The van der Waals surface area contributed by atoms with Crippen molar-refractivity contribution >= 4 is 11.9 Å². The molecule has 0 bridgehead atoms. The fraction of sp³-hybridized carbons (Fsp3) is 0.533. The zero-order chi connectivity index (χ0) is 16.0. The van der Waals surface area contributed by atoms with Gasteiger partial charge in [-0.1, -0.05) is 33.3 Å². The summed E-state index contributed by atoms with van der Waals surface area (Å²) in [6, 6.07) is 3.00. The first-order chi connectivity index (χ1) is 9.88. The second kappa shape index (κ2) is 7.61. The maximum absolute atomic E-state index is 12.4. The van der Waals surface area contributed by atoms with Gasteiger partial charge in [-0.05, 0) is 18.4 Å². The van der Waals surface area contributed by atoms with Gasteiger partial charge >= 0.3 is 5.97 Å². The Morgan fingerprint density at radius 2 is 2.00 bits per heavy atom. The number of hydrogen-bond donors (Lipinski definition) is 2. The van der Waals surface area contributed by atoms with E-state index in [-0.39, 0.29) is 11.5 Å². The van der Waals surface area contributed by atoms with Crippen LogP contribution in [-0.4, -0.2) is 27.6 Å². The Balaban J connectivity index is 3.01. The summed E-state index contributed by atoms with van der Waals surface area (Å²) in [4.78, 5) is 35.4. The minimum atomic E-state index is -1.06. The summed E-state index contributed by atoms with van der Waals surface area (Å²) in [5.74, 6) is -1.64. The van der Waals surface area contributed by atoms with Crippen LogP contribution in [0.5, 0.6) is 0 Å². The molecule has 21 heavy (non-hydrogen) atoms. The van der Waals surface area contributed by atoms with E-state index in [4.69, 9.17) is 5.11 Å². The van der Waals surface area contributed by atoms with Crippen molar-refractivity contribution < 1.29 is 14.7 Å². The van der Waals surface area contributed by atoms with Crippen molar-refractivity contribution in [1.82, 2.24) is 9.88 Å². The van der Waals surface area contributed by atoms with Gasteiger partial charge in [0.2, 0.25) is 5.91 Å². The van der Waals surface area contributed by atoms with E-state index < -0.39 is 24.0 Å². The molecule has 1 heterocycles. The lowest BCUT2D eigenvalue weighted by molar-refractivity contribution is -0.142. The SMILES string of the molecule is CCCC(NC(=O)C(C(C)C)n1ccccc1=O)C(=O)O. The van der Waals surface area contributed by atoms with E-state index in [2.05, 4.69) is 5.32 Å². The summed E-state index contributed by atoms with van der Waals surface area (Å²) < 4.78 is 1.34. The number of carbonyl (C=O) groups is 2. The first-order valence-corrected chi connectivity index (χ1v) is 7.08. The van der Waals surface area contributed by atoms with Gasteiger partial charge in [-0.3, -0.25) is 9.59 Å². The molecule has 0 aliphatic rings. The number of nitrogens with zero attached hydrogens (tertiary/aromatic N) is 1. The molecule has 0 saturated heterocycles. The van der Waals surface area contributed by atoms with Crippen molar-refractivity contribution in [1.29, 1.82) is 0 Å². The third-order valence-electron chi connectivity index (χ3n) is 3.24. The molecule has 0 saturated carbocycles. The van der Waals surface area contributed by atoms with Gasteiger partial charge in [0.15, 0.2) is 0 Å². The van der Waals surface area contributed by atoms with Crippen LogP contribution in [0.25, 0.3) is 0 Å². The largest absolute Gasteiger partial charge is 0.480 e. The fourth-order valence-electron chi connectivity index (χ4n) is 2.22. The zero-order valence-electron chi connectivity index (χ0n) is 12.6. The summed E-state index contributed by atoms with van der Waals surface area (Å²) in [6.45, 7) is 5.49. The number of amides is 1. The van der Waals surface area contributed by atoms with Gasteiger partial charge in [-0.2, -0.15) is 0 Å². The molecule has 0 fully saturated rings. The number of hydrogen-bond acceptors (Lipinski definition) is 3. The minimum absolute atomic E-state index is 0.138. The molecule has 1 rings (SSSR count). The Morgan fingerprint density at radius 1 is 1.33 bits per heavy atom. The summed E-state index contributed by atoms with van der Waals surface area (Å²) in [5, 5.41) is 11.6. The molecule has 6 nitrogen and oxygen atoms in total. The van der Waals surface area contributed by atoms with Crippen molar-refractivity contribution in [3.8, 4) is 0 Å². The normalized spacial score (nSPS) is 13.7. The van der Waals surface area contributed by atoms with Crippen molar-refractivity contribution in [3.05, 3.63) is 34.7 Å². The highest BCUT2D eigenvalue weighted by Crippen LogP contribution is 2.16. The third-order valence-corrected chi connectivity index (χ3v) is 3.24. The number of aliphatic carboxylic acids is 1. The first-order valence-electron chi connectivity index (χ1n) is 7.08. The van der Waals surface area contributed by atoms with Gasteiger partial charge in [-0.15, -0.1) is 0 Å². The Kier molecular flexibility index (Phi) is 6.14. The Hall–Kier alpha value is -2.11. The average molecular weight is 294 g/mol. The lowest BCUT2D eigenvalue weighted by Crippen LogP contribution is -2.46. The van der Waals surface area contributed by atoms with E-state index in [0.29, 0.717) is 12.8 Å². The van der Waals surface area contributed by atoms with Gasteiger partial charge in [0.1, 0.15) is 12.1 Å². The topological polar surface area (TPSA) is 88.4 Å². The summed E-state index contributed by atoms with van der Waals surface area (Å²) >= 11 is 0. The van der Waals surface area contributed by atoms with Crippen LogP contribution in [0, 0.1) is 5.92 Å². The van der Waals surface area contributed by atoms with Crippen molar-refractivity contribution in [2.75, 3.05) is 0 Å². The molecule has 0 aliphatic heterocycles. The molecule has 0 aliphatic carbocycles. The second-order valence-corrected chi connectivity index (χ2v) is 5.32. The van der Waals surface area contributed by atoms with E-state index in [1.54, 1.807) is 18.3 Å². The fourth-order valence-corrected chi connectivity index (χ4v) is 2.22. The minimum Gasteiger partial charge on any atom is -0.480 e. The van der Waals surface area contributed by atoms with Crippen LogP contribution in [0.15, 0.2) is 29.2 Å². The van der Waals surface area contributed by atoms with E-state index in [1.165, 1.54) is 10.6 Å². The molecule has 2 atom stereocenters. The smallest absolute Gasteiger partial charge is 0.326 e. The van der Waals surface area contributed by atoms with E-state index in [9.17, 15) is 14.4 Å². The van der Waals surface area contributed by atoms with Crippen LogP contribution in [0.3, 0.4) is 0 Å². The average Bonchev–Trinajstić information content (AvgIpc) is 2.40. The summed E-state index contributed by atoms with van der Waals surface area (Å²) in [5.41, 5.74) is -0.284. The Morgan fingerprint density at radius 3 is 2.48 bits per heavy atom. The van der Waals surface area contributed by atoms with Gasteiger partial charge < -0.3 is 15.0 Å². The molecule has 0 aromatic carbocycles. The van der Waals surface area contributed by atoms with Gasteiger partial charge in [-0.25, -0.2) is 4.79 Å². The lowest BCUT2D eigenvalue weighted by Gasteiger charge is -2.24. The molecule has 1 aromatic heterocycles. The number of aromatic nitrogens is 1. The molecule has 6 heteroatoms. The maximum Gasteiger partial charge on any atom is 0.326 e. The van der Waals surface area contributed by atoms with Crippen LogP contribution in [-0.2, 0) is 9.59 Å². The van der Waals surface area contributed by atoms with Crippen molar-refractivity contribution in [2.45, 2.75) is 45.7 Å². The van der Waals surface area contributed by atoms with Gasteiger partial charge in [0, 0.05) is 12.3 Å². The molecule has 1 amide bonds. The number of carboxylic acids is 1. The number of pyridine rings is 1. The highest BCUT2D eigenvalue weighted by Gasteiger charge is 2.28. The number of rotatable bonds is 7. The quantitative estimate of drug-likeness (QED) is 0.796. The van der Waals surface area contributed by atoms with Gasteiger partial charge in [0.25, 0.3) is 5.56 Å². The molecule has 1 aromatic rings. The van der Waals surface area contributed by atoms with Gasteiger partial charge in [0.05, 0.1) is 0 Å². The van der Waals surface area contributed by atoms with Crippen LogP contribution in [0.4, 0.5) is 0 Å². The van der Waals surface area contributed by atoms with E-state index in [1.807, 2.05) is 20.8 Å². The molecule has 116 valence electrons. The van der Waals surface area contributed by atoms with Crippen LogP contribution in [0.2, 0.25) is 0 Å². The second-order valence-electron chi connectivity index (χ2n) is 5.32. The van der Waals surface area contributed by atoms with Crippen LogP contribution in [0.1, 0.15) is 39.7 Å². The predicted molar refractivity (Wildman–Crippen MR) is 79.1 cm³/mol. The molecule has 2 unspecified atom stereocenters. The molecular formula is C15H22N2O4. The lowest BCUT2D eigenvalue weighted by atomic mass is 10.0. The summed E-state index contributed by atoms with van der Waals surface area (Å²) in [7, 11) is 0. The predicted octanol–water partition coefficient (Wildman–Crippen LogP) is 1.41. The number of nitrogens with one attached hydrogen (secondary N) is 1. The zero-order valence-corrected chi connectivity index (χ0v) is 12.6. The first kappa shape index (κ1) is 16.9. The maximum atomic E-state index is 12.4.